The Kier molecular flexibility index (Phi) is 3.24. The highest BCUT2D eigenvalue weighted by Crippen LogP contribution is 2.22. The average molecular weight is 249 g/mol. The molecule has 0 aliphatic rings. The van der Waals surface area contributed by atoms with Crippen LogP contribution in [0.1, 0.15) is 9.67 Å². The van der Waals surface area contributed by atoms with E-state index >= 15 is 0 Å². The van der Waals surface area contributed by atoms with Gasteiger partial charge in [0.2, 0.25) is 0 Å². The van der Waals surface area contributed by atoms with E-state index in [1.807, 2.05) is 0 Å². The lowest BCUT2D eigenvalue weighted by molar-refractivity contribution is 0.103. The number of nitrogens with one attached hydrogen (secondary N) is 1. The van der Waals surface area contributed by atoms with Gasteiger partial charge in [-0.2, -0.15) is 0 Å². The predicted octanol–water partition coefficient (Wildman–Crippen LogP) is 1.99. The summed E-state index contributed by atoms with van der Waals surface area (Å²) in [5, 5.41) is 4.49. The number of amides is 1. The fourth-order valence-electron chi connectivity index (χ4n) is 1.22. The molecule has 3 N–H and O–H groups in total. The number of hydrogen-bond donors (Lipinski definition) is 2. The smallest absolute Gasteiger partial charge is 0.265 e. The zero-order valence-corrected chi connectivity index (χ0v) is 9.95. The number of anilines is 2. The lowest BCUT2D eigenvalue weighted by Gasteiger charge is -2.02. The first-order valence-corrected chi connectivity index (χ1v) is 5.72. The van der Waals surface area contributed by atoms with Crippen LogP contribution >= 0.6 is 11.3 Å². The third kappa shape index (κ3) is 2.73. The molecule has 2 rings (SSSR count). The molecule has 0 aliphatic carbocycles. The number of nitrogens with two attached hydrogens (primary N) is 1. The Morgan fingerprint density at radius 1 is 1.53 bits per heavy atom. The zero-order valence-electron chi connectivity index (χ0n) is 9.14. The maximum Gasteiger partial charge on any atom is 0.265 e. The molecule has 0 spiro atoms. The minimum absolute atomic E-state index is 0.190. The molecule has 88 valence electrons. The second-order valence-corrected chi connectivity index (χ2v) is 4.19. The van der Waals surface area contributed by atoms with Gasteiger partial charge in [0.25, 0.3) is 5.91 Å². The van der Waals surface area contributed by atoms with Gasteiger partial charge in [-0.25, -0.2) is 4.98 Å². The quantitative estimate of drug-likeness (QED) is 0.872. The highest BCUT2D eigenvalue weighted by atomic mass is 32.1. The summed E-state index contributed by atoms with van der Waals surface area (Å²) in [6.45, 7) is 0. The van der Waals surface area contributed by atoms with E-state index in [0.717, 1.165) is 0 Å². The van der Waals surface area contributed by atoms with Crippen LogP contribution in [0.5, 0.6) is 5.75 Å². The van der Waals surface area contributed by atoms with Gasteiger partial charge in [-0.15, -0.1) is 11.3 Å². The predicted molar refractivity (Wildman–Crippen MR) is 67.5 cm³/mol. The summed E-state index contributed by atoms with van der Waals surface area (Å²) in [4.78, 5) is 16.3. The van der Waals surface area contributed by atoms with Gasteiger partial charge in [0.15, 0.2) is 0 Å². The molecule has 1 amide bonds. The van der Waals surface area contributed by atoms with Gasteiger partial charge in [-0.3, -0.25) is 4.79 Å². The van der Waals surface area contributed by atoms with Crippen molar-refractivity contribution in [1.29, 1.82) is 0 Å². The van der Waals surface area contributed by atoms with Gasteiger partial charge in [-0.05, 0) is 12.1 Å². The van der Waals surface area contributed by atoms with Crippen LogP contribution in [0.4, 0.5) is 11.5 Å². The van der Waals surface area contributed by atoms with Crippen molar-refractivity contribution in [3.8, 4) is 5.75 Å². The molecule has 0 unspecified atom stereocenters. The second kappa shape index (κ2) is 4.84. The molecule has 0 atom stereocenters. The first kappa shape index (κ1) is 11.4. The molecule has 0 aliphatic heterocycles. The standard InChI is InChI=1S/C11H11N3O2S/c1-16-8-4-9(17-6-8)11(15)14-7-2-3-10(12)13-5-7/h2-6H,1H3,(H2,12,13)(H,14,15). The van der Waals surface area contributed by atoms with Crippen molar-refractivity contribution in [2.75, 3.05) is 18.2 Å². The molecular weight excluding hydrogens is 238 g/mol. The molecule has 0 fully saturated rings. The molecule has 0 saturated carbocycles. The van der Waals surface area contributed by atoms with Crippen LogP contribution in [0.15, 0.2) is 29.8 Å². The Labute approximate surface area is 102 Å². The Bertz CT molecular complexity index is 522. The van der Waals surface area contributed by atoms with Gasteiger partial charge in [0, 0.05) is 11.4 Å². The third-order valence-electron chi connectivity index (χ3n) is 2.08. The maximum atomic E-state index is 11.8. The van der Waals surface area contributed by atoms with Crippen LogP contribution in [0, 0.1) is 0 Å². The third-order valence-corrected chi connectivity index (χ3v) is 2.99. The molecule has 5 nitrogen and oxygen atoms in total. The highest BCUT2D eigenvalue weighted by Gasteiger charge is 2.09. The molecule has 0 bridgehead atoms. The van der Waals surface area contributed by atoms with Crippen LogP contribution < -0.4 is 15.8 Å². The second-order valence-electron chi connectivity index (χ2n) is 3.28. The number of methoxy groups -OCH3 is 1. The van der Waals surface area contributed by atoms with Gasteiger partial charge >= 0.3 is 0 Å². The normalized spacial score (nSPS) is 9.94. The molecular formula is C11H11N3O2S. The summed E-state index contributed by atoms with van der Waals surface area (Å²) < 4.78 is 5.01. The molecule has 2 heterocycles. The number of nitrogen functional groups attached to an aromatic ring is 1. The number of thiophene rings is 1. The van der Waals surface area contributed by atoms with Crippen molar-refractivity contribution in [3.05, 3.63) is 34.7 Å². The fraction of sp³-hybridized carbons (Fsp3) is 0.0909. The molecule has 6 heteroatoms. The number of nitrogens with zero attached hydrogens (tertiary/aromatic N) is 1. The van der Waals surface area contributed by atoms with Crippen LogP contribution in [-0.2, 0) is 0 Å². The molecule has 0 saturated heterocycles. The number of carbonyl (C=O) groups is 1. The van der Waals surface area contributed by atoms with E-state index < -0.39 is 0 Å². The van der Waals surface area contributed by atoms with E-state index in [-0.39, 0.29) is 5.91 Å². The van der Waals surface area contributed by atoms with Crippen LogP contribution in [-0.4, -0.2) is 18.0 Å². The summed E-state index contributed by atoms with van der Waals surface area (Å²) in [7, 11) is 1.56. The molecule has 2 aromatic heterocycles. The molecule has 0 aromatic carbocycles. The Morgan fingerprint density at radius 2 is 2.35 bits per heavy atom. The number of ether oxygens (including phenoxy) is 1. The van der Waals surface area contributed by atoms with E-state index in [0.29, 0.717) is 22.1 Å². The number of hydrogen-bond acceptors (Lipinski definition) is 5. The Balaban J connectivity index is 2.08. The van der Waals surface area contributed by atoms with Gasteiger partial charge < -0.3 is 15.8 Å². The summed E-state index contributed by atoms with van der Waals surface area (Å²) in [5.41, 5.74) is 6.06. The summed E-state index contributed by atoms with van der Waals surface area (Å²) in [6, 6.07) is 5.01. The molecule has 17 heavy (non-hydrogen) atoms. The van der Waals surface area contributed by atoms with E-state index in [4.69, 9.17) is 10.5 Å². The Morgan fingerprint density at radius 3 is 2.94 bits per heavy atom. The number of rotatable bonds is 3. The van der Waals surface area contributed by atoms with Crippen molar-refractivity contribution in [1.82, 2.24) is 4.98 Å². The van der Waals surface area contributed by atoms with E-state index in [1.54, 1.807) is 30.7 Å². The topological polar surface area (TPSA) is 77.2 Å². The lowest BCUT2D eigenvalue weighted by Crippen LogP contribution is -2.10. The van der Waals surface area contributed by atoms with Crippen molar-refractivity contribution in [2.45, 2.75) is 0 Å². The van der Waals surface area contributed by atoms with Crippen LogP contribution in [0.2, 0.25) is 0 Å². The largest absolute Gasteiger partial charge is 0.496 e. The zero-order chi connectivity index (χ0) is 12.3. The number of carbonyl (C=O) groups excluding carboxylic acids is 1. The summed E-state index contributed by atoms with van der Waals surface area (Å²) >= 11 is 1.32. The molecule has 0 radical (unpaired) electrons. The maximum absolute atomic E-state index is 11.8. The number of pyridine rings is 1. The van der Waals surface area contributed by atoms with Crippen LogP contribution in [0.3, 0.4) is 0 Å². The van der Waals surface area contributed by atoms with Crippen LogP contribution in [0.25, 0.3) is 0 Å². The SMILES string of the molecule is COc1csc(C(=O)Nc2ccc(N)nc2)c1. The van der Waals surface area contributed by atoms with E-state index in [1.165, 1.54) is 17.5 Å². The first-order chi connectivity index (χ1) is 8.19. The van der Waals surface area contributed by atoms with E-state index in [2.05, 4.69) is 10.3 Å². The summed E-state index contributed by atoms with van der Waals surface area (Å²) in [5.74, 6) is 0.904. The van der Waals surface area contributed by atoms with Crippen molar-refractivity contribution in [2.24, 2.45) is 0 Å². The van der Waals surface area contributed by atoms with Crippen molar-refractivity contribution < 1.29 is 9.53 Å². The highest BCUT2D eigenvalue weighted by molar-refractivity contribution is 7.12. The van der Waals surface area contributed by atoms with E-state index in [9.17, 15) is 4.79 Å². The van der Waals surface area contributed by atoms with Crippen molar-refractivity contribution >= 4 is 28.7 Å². The van der Waals surface area contributed by atoms with Crippen molar-refractivity contribution in [3.63, 3.8) is 0 Å². The van der Waals surface area contributed by atoms with Gasteiger partial charge in [0.1, 0.15) is 11.6 Å². The van der Waals surface area contributed by atoms with Gasteiger partial charge in [-0.1, -0.05) is 0 Å². The minimum atomic E-state index is -0.190. The summed E-state index contributed by atoms with van der Waals surface area (Å²) in [6.07, 6.45) is 1.51. The molecule has 2 aromatic rings. The monoisotopic (exact) mass is 249 g/mol. The number of aromatic nitrogens is 1. The Hall–Kier alpha value is -2.08. The van der Waals surface area contributed by atoms with Gasteiger partial charge in [0.05, 0.1) is 23.9 Å². The fourth-order valence-corrected chi connectivity index (χ4v) is 1.97. The first-order valence-electron chi connectivity index (χ1n) is 4.84. The average Bonchev–Trinajstić information content (AvgIpc) is 2.81. The lowest BCUT2D eigenvalue weighted by atomic mass is 10.3. The minimum Gasteiger partial charge on any atom is -0.496 e.